The normalized spacial score (nSPS) is 33.4. The van der Waals surface area contributed by atoms with Crippen molar-refractivity contribution in [2.45, 2.75) is 12.8 Å². The van der Waals surface area contributed by atoms with E-state index in [2.05, 4.69) is 0 Å². The lowest BCUT2D eigenvalue weighted by Crippen LogP contribution is -2.34. The van der Waals surface area contributed by atoms with Crippen LogP contribution in [0.5, 0.6) is 0 Å². The van der Waals surface area contributed by atoms with Crippen LogP contribution in [0.3, 0.4) is 0 Å². The van der Waals surface area contributed by atoms with Crippen LogP contribution in [0.1, 0.15) is 12.8 Å². The number of aliphatic carboxylic acids is 1. The Morgan fingerprint density at radius 2 is 2.22 bits per heavy atom. The van der Waals surface area contributed by atoms with Gasteiger partial charge in [0.05, 0.1) is 5.92 Å². The van der Waals surface area contributed by atoms with E-state index in [0.29, 0.717) is 12.5 Å². The predicted octanol–water partition coefficient (Wildman–Crippen LogP) is 0.0559. The maximum atomic E-state index is 10.2. The number of rotatable bonds is 2. The Hall–Kier alpha value is -0.570. The Bertz CT molecular complexity index is 118. The summed E-state index contributed by atoms with van der Waals surface area (Å²) in [5.74, 6) is -0.288. The molecule has 1 aliphatic carbocycles. The number of hydrogen-bond donors (Lipinski definition) is 2. The fourth-order valence-electron chi connectivity index (χ4n) is 1.13. The molecule has 9 heavy (non-hydrogen) atoms. The second-order valence-electron chi connectivity index (χ2n) is 2.61. The van der Waals surface area contributed by atoms with Crippen molar-refractivity contribution in [3.8, 4) is 0 Å². The van der Waals surface area contributed by atoms with Crippen LogP contribution in [0.15, 0.2) is 0 Å². The van der Waals surface area contributed by atoms with Crippen LogP contribution in [0.4, 0.5) is 0 Å². The number of carboxylic acid groups (broad SMARTS) is 1. The van der Waals surface area contributed by atoms with Gasteiger partial charge in [-0.1, -0.05) is 0 Å². The molecule has 0 saturated heterocycles. The molecule has 3 N–H and O–H groups in total. The number of carbonyl (C=O) groups is 1. The Morgan fingerprint density at radius 1 is 1.67 bits per heavy atom. The minimum Gasteiger partial charge on any atom is -0.481 e. The fraction of sp³-hybridized carbons (Fsp3) is 0.833. The van der Waals surface area contributed by atoms with Gasteiger partial charge < -0.3 is 10.8 Å². The SMILES string of the molecule is NCC1CC(C(=O)O)C1. The van der Waals surface area contributed by atoms with E-state index in [1.165, 1.54) is 0 Å². The molecule has 0 unspecified atom stereocenters. The van der Waals surface area contributed by atoms with Gasteiger partial charge in [-0.25, -0.2) is 0 Å². The monoisotopic (exact) mass is 129 g/mol. The molecule has 0 spiro atoms. The Labute approximate surface area is 53.9 Å². The predicted molar refractivity (Wildman–Crippen MR) is 32.9 cm³/mol. The molecule has 0 aliphatic heterocycles. The zero-order valence-electron chi connectivity index (χ0n) is 5.21. The fourth-order valence-corrected chi connectivity index (χ4v) is 1.13. The maximum Gasteiger partial charge on any atom is 0.306 e. The Morgan fingerprint density at radius 3 is 2.56 bits per heavy atom. The second kappa shape index (κ2) is 2.35. The third-order valence-corrected chi connectivity index (χ3v) is 1.92. The molecule has 1 rings (SSSR count). The van der Waals surface area contributed by atoms with Crippen molar-refractivity contribution in [1.29, 1.82) is 0 Å². The van der Waals surface area contributed by atoms with Gasteiger partial charge in [0.25, 0.3) is 0 Å². The molecule has 3 heteroatoms. The van der Waals surface area contributed by atoms with Crippen molar-refractivity contribution in [3.05, 3.63) is 0 Å². The van der Waals surface area contributed by atoms with E-state index in [1.807, 2.05) is 0 Å². The summed E-state index contributed by atoms with van der Waals surface area (Å²) in [4.78, 5) is 10.2. The van der Waals surface area contributed by atoms with Crippen molar-refractivity contribution in [1.82, 2.24) is 0 Å². The molecule has 1 aliphatic rings. The van der Waals surface area contributed by atoms with Crippen molar-refractivity contribution < 1.29 is 9.90 Å². The first kappa shape index (κ1) is 6.55. The third kappa shape index (κ3) is 1.21. The molecule has 3 nitrogen and oxygen atoms in total. The summed E-state index contributed by atoms with van der Waals surface area (Å²) in [5.41, 5.74) is 5.30. The molecular formula is C6H11NO2. The van der Waals surface area contributed by atoms with Gasteiger partial charge in [0.2, 0.25) is 0 Å². The molecule has 0 atom stereocenters. The van der Waals surface area contributed by atoms with Gasteiger partial charge in [-0.2, -0.15) is 0 Å². The highest BCUT2D eigenvalue weighted by Crippen LogP contribution is 2.32. The van der Waals surface area contributed by atoms with E-state index >= 15 is 0 Å². The van der Waals surface area contributed by atoms with Crippen molar-refractivity contribution in [2.24, 2.45) is 17.6 Å². The minimum absolute atomic E-state index is 0.0986. The first-order valence-corrected chi connectivity index (χ1v) is 3.17. The zero-order valence-corrected chi connectivity index (χ0v) is 5.21. The summed E-state index contributed by atoms with van der Waals surface area (Å²) in [5, 5.41) is 8.41. The molecule has 0 heterocycles. The van der Waals surface area contributed by atoms with Crippen LogP contribution in [-0.2, 0) is 4.79 Å². The summed E-state index contributed by atoms with van der Waals surface area (Å²) in [7, 11) is 0. The molecule has 0 radical (unpaired) electrons. The van der Waals surface area contributed by atoms with E-state index in [9.17, 15) is 4.79 Å². The molecule has 1 fully saturated rings. The summed E-state index contributed by atoms with van der Waals surface area (Å²) in [6, 6.07) is 0. The molecule has 52 valence electrons. The minimum atomic E-state index is -0.667. The van der Waals surface area contributed by atoms with Crippen LogP contribution in [0.25, 0.3) is 0 Å². The van der Waals surface area contributed by atoms with Gasteiger partial charge >= 0.3 is 5.97 Å². The quantitative estimate of drug-likeness (QED) is 0.554. The third-order valence-electron chi connectivity index (χ3n) is 1.92. The number of nitrogens with two attached hydrogens (primary N) is 1. The molecule has 1 saturated carbocycles. The average molecular weight is 129 g/mol. The van der Waals surface area contributed by atoms with Crippen molar-refractivity contribution >= 4 is 5.97 Å². The number of hydrogen-bond acceptors (Lipinski definition) is 2. The second-order valence-corrected chi connectivity index (χ2v) is 2.61. The van der Waals surface area contributed by atoms with E-state index in [4.69, 9.17) is 10.8 Å². The first-order chi connectivity index (χ1) is 4.24. The molecule has 0 bridgehead atoms. The van der Waals surface area contributed by atoms with Crippen molar-refractivity contribution in [3.63, 3.8) is 0 Å². The lowest BCUT2D eigenvalue weighted by atomic mass is 9.75. The molecule has 0 aromatic heterocycles. The lowest BCUT2D eigenvalue weighted by Gasteiger charge is -2.30. The largest absolute Gasteiger partial charge is 0.481 e. The van der Waals surface area contributed by atoms with Crippen LogP contribution in [-0.4, -0.2) is 17.6 Å². The van der Waals surface area contributed by atoms with E-state index < -0.39 is 5.97 Å². The van der Waals surface area contributed by atoms with Gasteiger partial charge in [0.15, 0.2) is 0 Å². The zero-order chi connectivity index (χ0) is 6.85. The molecular weight excluding hydrogens is 118 g/mol. The summed E-state index contributed by atoms with van der Waals surface area (Å²) in [6.45, 7) is 0.643. The molecule has 0 aromatic rings. The van der Waals surface area contributed by atoms with Crippen molar-refractivity contribution in [2.75, 3.05) is 6.54 Å². The van der Waals surface area contributed by atoms with E-state index in [0.717, 1.165) is 12.8 Å². The summed E-state index contributed by atoms with van der Waals surface area (Å²) in [6.07, 6.45) is 1.57. The average Bonchev–Trinajstić information content (AvgIpc) is 1.61. The van der Waals surface area contributed by atoms with Gasteiger partial charge in [-0.15, -0.1) is 0 Å². The maximum absolute atomic E-state index is 10.2. The molecule has 0 aromatic carbocycles. The smallest absolute Gasteiger partial charge is 0.306 e. The van der Waals surface area contributed by atoms with Crippen LogP contribution < -0.4 is 5.73 Å². The standard InChI is InChI=1S/C6H11NO2/c7-3-4-1-5(2-4)6(8)9/h4-5H,1-3,7H2,(H,8,9). The molecule has 0 amide bonds. The van der Waals surface area contributed by atoms with Gasteiger partial charge in [0, 0.05) is 0 Å². The highest BCUT2D eigenvalue weighted by Gasteiger charge is 2.32. The van der Waals surface area contributed by atoms with Crippen LogP contribution >= 0.6 is 0 Å². The topological polar surface area (TPSA) is 63.3 Å². The highest BCUT2D eigenvalue weighted by atomic mass is 16.4. The van der Waals surface area contributed by atoms with Gasteiger partial charge in [0.1, 0.15) is 0 Å². The lowest BCUT2D eigenvalue weighted by molar-refractivity contribution is -0.146. The Kier molecular flexibility index (Phi) is 1.71. The van der Waals surface area contributed by atoms with E-state index in [-0.39, 0.29) is 5.92 Å². The van der Waals surface area contributed by atoms with Gasteiger partial charge in [-0.05, 0) is 25.3 Å². The summed E-state index contributed by atoms with van der Waals surface area (Å²) >= 11 is 0. The van der Waals surface area contributed by atoms with Crippen LogP contribution in [0, 0.1) is 11.8 Å². The van der Waals surface area contributed by atoms with E-state index in [1.54, 1.807) is 0 Å². The number of carboxylic acids is 1. The van der Waals surface area contributed by atoms with Gasteiger partial charge in [-0.3, -0.25) is 4.79 Å². The summed E-state index contributed by atoms with van der Waals surface area (Å²) < 4.78 is 0. The Balaban J connectivity index is 2.19. The highest BCUT2D eigenvalue weighted by molar-refractivity contribution is 5.71. The first-order valence-electron chi connectivity index (χ1n) is 3.17. The van der Waals surface area contributed by atoms with Crippen LogP contribution in [0.2, 0.25) is 0 Å².